The number of nitrogens with zero attached hydrogens (tertiary/aromatic N) is 2. The summed E-state index contributed by atoms with van der Waals surface area (Å²) in [5.41, 5.74) is 1.72. The van der Waals surface area contributed by atoms with Gasteiger partial charge in [0.15, 0.2) is 0 Å². The SMILES string of the molecule is CNC(=O)C1(Nc2cccc(F)c2)CCN(C(=O)c2cscn2)CC1. The molecule has 1 aromatic carbocycles. The normalized spacial score (nSPS) is 16.3. The smallest absolute Gasteiger partial charge is 0.273 e. The van der Waals surface area contributed by atoms with Crippen LogP contribution in [0.2, 0.25) is 0 Å². The molecule has 1 saturated heterocycles. The number of nitrogens with one attached hydrogen (secondary N) is 2. The van der Waals surface area contributed by atoms with Gasteiger partial charge in [-0.2, -0.15) is 0 Å². The third kappa shape index (κ3) is 3.63. The number of anilines is 1. The first-order chi connectivity index (χ1) is 12.0. The van der Waals surface area contributed by atoms with E-state index >= 15 is 0 Å². The van der Waals surface area contributed by atoms with E-state index in [2.05, 4.69) is 15.6 Å². The van der Waals surface area contributed by atoms with Crippen molar-refractivity contribution >= 4 is 28.8 Å². The van der Waals surface area contributed by atoms with Crippen LogP contribution in [0, 0.1) is 5.82 Å². The lowest BCUT2D eigenvalue weighted by Gasteiger charge is -2.41. The van der Waals surface area contributed by atoms with E-state index in [9.17, 15) is 14.0 Å². The molecule has 2 amide bonds. The number of benzene rings is 1. The maximum absolute atomic E-state index is 13.5. The average Bonchev–Trinajstić information content (AvgIpc) is 3.15. The maximum atomic E-state index is 13.5. The Hall–Kier alpha value is -2.48. The van der Waals surface area contributed by atoms with Gasteiger partial charge in [-0.1, -0.05) is 6.07 Å². The van der Waals surface area contributed by atoms with E-state index < -0.39 is 5.54 Å². The van der Waals surface area contributed by atoms with E-state index in [0.29, 0.717) is 37.3 Å². The predicted octanol–water partition coefficient (Wildman–Crippen LogP) is 2.12. The van der Waals surface area contributed by atoms with E-state index in [0.717, 1.165) is 0 Å². The number of thiazole rings is 1. The molecule has 2 N–H and O–H groups in total. The number of carbonyl (C=O) groups excluding carboxylic acids is 2. The number of piperidine rings is 1. The fraction of sp³-hybridized carbons (Fsp3) is 0.353. The molecule has 2 heterocycles. The molecule has 2 aromatic rings. The molecule has 1 aliphatic heterocycles. The molecule has 0 unspecified atom stereocenters. The van der Waals surface area contributed by atoms with Crippen molar-refractivity contribution in [1.29, 1.82) is 0 Å². The lowest BCUT2D eigenvalue weighted by Crippen LogP contribution is -2.58. The highest BCUT2D eigenvalue weighted by Gasteiger charge is 2.42. The zero-order valence-corrected chi connectivity index (χ0v) is 14.6. The zero-order chi connectivity index (χ0) is 17.9. The summed E-state index contributed by atoms with van der Waals surface area (Å²) in [6.45, 7) is 0.845. The highest BCUT2D eigenvalue weighted by molar-refractivity contribution is 7.07. The van der Waals surface area contributed by atoms with Gasteiger partial charge in [0.1, 0.15) is 17.1 Å². The van der Waals surface area contributed by atoms with E-state index in [4.69, 9.17) is 0 Å². The molecule has 25 heavy (non-hydrogen) atoms. The minimum absolute atomic E-state index is 0.127. The Balaban J connectivity index is 1.75. The van der Waals surface area contributed by atoms with Crippen molar-refractivity contribution in [3.05, 3.63) is 46.7 Å². The molecule has 0 bridgehead atoms. The number of carbonyl (C=O) groups is 2. The maximum Gasteiger partial charge on any atom is 0.273 e. The summed E-state index contributed by atoms with van der Waals surface area (Å²) in [5, 5.41) is 7.57. The Kier molecular flexibility index (Phi) is 4.98. The largest absolute Gasteiger partial charge is 0.371 e. The molecule has 0 spiro atoms. The van der Waals surface area contributed by atoms with Crippen LogP contribution in [-0.4, -0.2) is 47.4 Å². The van der Waals surface area contributed by atoms with Crippen molar-refractivity contribution < 1.29 is 14.0 Å². The number of rotatable bonds is 4. The molecule has 1 fully saturated rings. The molecule has 6 nitrogen and oxygen atoms in total. The van der Waals surface area contributed by atoms with Crippen LogP contribution in [0.5, 0.6) is 0 Å². The first-order valence-electron chi connectivity index (χ1n) is 7.97. The van der Waals surface area contributed by atoms with Gasteiger partial charge in [0.05, 0.1) is 5.51 Å². The second-order valence-electron chi connectivity index (χ2n) is 5.96. The van der Waals surface area contributed by atoms with Crippen LogP contribution in [0.25, 0.3) is 0 Å². The molecule has 0 aliphatic carbocycles. The third-order valence-electron chi connectivity index (χ3n) is 4.43. The van der Waals surface area contributed by atoms with Gasteiger partial charge in [-0.25, -0.2) is 9.37 Å². The summed E-state index contributed by atoms with van der Waals surface area (Å²) < 4.78 is 13.5. The van der Waals surface area contributed by atoms with Gasteiger partial charge in [0.25, 0.3) is 5.91 Å². The van der Waals surface area contributed by atoms with Gasteiger partial charge in [-0.3, -0.25) is 9.59 Å². The number of halogens is 1. The van der Waals surface area contributed by atoms with Gasteiger partial charge >= 0.3 is 0 Å². The van der Waals surface area contributed by atoms with Crippen molar-refractivity contribution in [3.8, 4) is 0 Å². The van der Waals surface area contributed by atoms with Crippen LogP contribution in [0.1, 0.15) is 23.3 Å². The van der Waals surface area contributed by atoms with Crippen LogP contribution in [0.4, 0.5) is 10.1 Å². The highest BCUT2D eigenvalue weighted by atomic mass is 32.1. The molecule has 3 rings (SSSR count). The van der Waals surface area contributed by atoms with Crippen molar-refractivity contribution in [3.63, 3.8) is 0 Å². The fourth-order valence-electron chi connectivity index (χ4n) is 3.06. The zero-order valence-electron chi connectivity index (χ0n) is 13.8. The summed E-state index contributed by atoms with van der Waals surface area (Å²) in [4.78, 5) is 30.7. The summed E-state index contributed by atoms with van der Waals surface area (Å²) in [6.07, 6.45) is 0.859. The van der Waals surface area contributed by atoms with Crippen molar-refractivity contribution in [2.75, 3.05) is 25.5 Å². The molecule has 8 heteroatoms. The lowest BCUT2D eigenvalue weighted by atomic mass is 9.86. The molecule has 0 atom stereocenters. The number of aromatic nitrogens is 1. The van der Waals surface area contributed by atoms with Crippen LogP contribution < -0.4 is 10.6 Å². The minimum Gasteiger partial charge on any atom is -0.371 e. The number of amides is 2. The molecular formula is C17H19FN4O2S. The lowest BCUT2D eigenvalue weighted by molar-refractivity contribution is -0.126. The van der Waals surface area contributed by atoms with Gasteiger partial charge < -0.3 is 15.5 Å². The quantitative estimate of drug-likeness (QED) is 0.874. The summed E-state index contributed by atoms with van der Waals surface area (Å²) in [6, 6.07) is 6.03. The van der Waals surface area contributed by atoms with Crippen molar-refractivity contribution in [2.24, 2.45) is 0 Å². The molecule has 1 aliphatic rings. The number of likely N-dealkylation sites (N-methyl/N-ethyl adjacent to an activating group) is 1. The molecular weight excluding hydrogens is 343 g/mol. The first kappa shape index (κ1) is 17.3. The van der Waals surface area contributed by atoms with E-state index in [1.54, 1.807) is 35.0 Å². The standard InChI is InChI=1S/C17H19FN4O2S/c1-19-16(24)17(21-13-4-2-3-12(18)9-13)5-7-22(8-6-17)15(23)14-10-25-11-20-14/h2-4,9-11,21H,5-8H2,1H3,(H,19,24). The Bertz CT molecular complexity index is 758. The number of hydrogen-bond donors (Lipinski definition) is 2. The van der Waals surface area contributed by atoms with E-state index in [-0.39, 0.29) is 17.6 Å². The van der Waals surface area contributed by atoms with Gasteiger partial charge in [0.2, 0.25) is 5.91 Å². The average molecular weight is 362 g/mol. The van der Waals surface area contributed by atoms with E-state index in [1.807, 2.05) is 0 Å². The summed E-state index contributed by atoms with van der Waals surface area (Å²) in [7, 11) is 1.57. The van der Waals surface area contributed by atoms with Crippen LogP contribution >= 0.6 is 11.3 Å². The second kappa shape index (κ2) is 7.18. The van der Waals surface area contributed by atoms with Gasteiger partial charge in [0, 0.05) is 31.2 Å². The fourth-order valence-corrected chi connectivity index (χ4v) is 3.59. The second-order valence-corrected chi connectivity index (χ2v) is 6.68. The van der Waals surface area contributed by atoms with Gasteiger partial charge in [-0.05, 0) is 31.0 Å². The highest BCUT2D eigenvalue weighted by Crippen LogP contribution is 2.28. The molecule has 132 valence electrons. The van der Waals surface area contributed by atoms with E-state index in [1.165, 1.54) is 23.5 Å². The number of likely N-dealkylation sites (tertiary alicyclic amines) is 1. The first-order valence-corrected chi connectivity index (χ1v) is 8.92. The predicted molar refractivity (Wildman–Crippen MR) is 94.1 cm³/mol. The van der Waals surface area contributed by atoms with Crippen LogP contribution in [0.15, 0.2) is 35.2 Å². The molecule has 0 radical (unpaired) electrons. The molecule has 1 aromatic heterocycles. The minimum atomic E-state index is -0.874. The Labute approximate surface area is 149 Å². The Morgan fingerprint density at radius 3 is 2.68 bits per heavy atom. The summed E-state index contributed by atoms with van der Waals surface area (Å²) in [5.74, 6) is -0.664. The van der Waals surface area contributed by atoms with Crippen molar-refractivity contribution in [1.82, 2.24) is 15.2 Å². The monoisotopic (exact) mass is 362 g/mol. The Morgan fingerprint density at radius 2 is 2.08 bits per heavy atom. The van der Waals surface area contributed by atoms with Crippen molar-refractivity contribution in [2.45, 2.75) is 18.4 Å². The van der Waals surface area contributed by atoms with Crippen LogP contribution in [-0.2, 0) is 4.79 Å². The van der Waals surface area contributed by atoms with Crippen LogP contribution in [0.3, 0.4) is 0 Å². The van der Waals surface area contributed by atoms with Gasteiger partial charge in [-0.15, -0.1) is 11.3 Å². The molecule has 0 saturated carbocycles. The number of hydrogen-bond acceptors (Lipinski definition) is 5. The topological polar surface area (TPSA) is 74.3 Å². The summed E-state index contributed by atoms with van der Waals surface area (Å²) >= 11 is 1.37. The Morgan fingerprint density at radius 1 is 1.32 bits per heavy atom. The third-order valence-corrected chi connectivity index (χ3v) is 5.01.